The van der Waals surface area contributed by atoms with Crippen LogP contribution < -0.4 is 0 Å². The van der Waals surface area contributed by atoms with Crippen LogP contribution in [-0.4, -0.2) is 48.6 Å². The van der Waals surface area contributed by atoms with E-state index in [0.717, 1.165) is 50.9 Å². The van der Waals surface area contributed by atoms with Gasteiger partial charge in [0.2, 0.25) is 0 Å². The Morgan fingerprint density at radius 1 is 0.711 bits per heavy atom. The fourth-order valence-electron chi connectivity index (χ4n) is 5.35. The van der Waals surface area contributed by atoms with Crippen LogP contribution in [0.25, 0.3) is 0 Å². The van der Waals surface area contributed by atoms with E-state index in [1.807, 2.05) is 0 Å². The predicted molar refractivity (Wildman–Crippen MR) is 186 cm³/mol. The topological polar surface area (TPSA) is 85.4 Å². The largest absolute Gasteiger partial charge is 0.462 e. The van der Waals surface area contributed by atoms with Gasteiger partial charge in [-0.1, -0.05) is 134 Å². The number of rotatable bonds is 31. The number of carbonyl (C=O) groups is 2. The van der Waals surface area contributed by atoms with Crippen molar-refractivity contribution in [3.05, 3.63) is 36.5 Å². The van der Waals surface area contributed by atoms with Gasteiger partial charge in [-0.3, -0.25) is 9.59 Å². The molecular weight excluding hydrogens is 564 g/mol. The average Bonchev–Trinajstić information content (AvgIpc) is 3.77. The van der Waals surface area contributed by atoms with E-state index >= 15 is 0 Å². The zero-order valence-electron chi connectivity index (χ0n) is 29.2. The van der Waals surface area contributed by atoms with E-state index in [2.05, 4.69) is 57.2 Å². The van der Waals surface area contributed by atoms with Crippen molar-refractivity contribution in [2.24, 2.45) is 5.92 Å². The summed E-state index contributed by atoms with van der Waals surface area (Å²) in [7, 11) is 0. The van der Waals surface area contributed by atoms with Crippen molar-refractivity contribution in [2.75, 3.05) is 13.2 Å². The average molecular weight is 633 g/mol. The first-order valence-corrected chi connectivity index (χ1v) is 18.5. The Bertz CT molecular complexity index is 801. The van der Waals surface area contributed by atoms with Crippen molar-refractivity contribution in [2.45, 2.75) is 180 Å². The number of unbranched alkanes of at least 4 members (excludes halogenated alkanes) is 12. The molecule has 1 heterocycles. The lowest BCUT2D eigenvalue weighted by molar-refractivity contribution is -0.161. The van der Waals surface area contributed by atoms with Crippen LogP contribution in [0, 0.1) is 5.92 Å². The molecule has 0 bridgehead atoms. The number of hydrogen-bond acceptors (Lipinski definition) is 6. The molecule has 260 valence electrons. The Kier molecular flexibility index (Phi) is 26.9. The van der Waals surface area contributed by atoms with Gasteiger partial charge in [0.25, 0.3) is 0 Å². The zero-order valence-corrected chi connectivity index (χ0v) is 29.2. The monoisotopic (exact) mass is 633 g/mol. The van der Waals surface area contributed by atoms with Crippen molar-refractivity contribution in [3.63, 3.8) is 0 Å². The first-order valence-electron chi connectivity index (χ1n) is 18.5. The smallest absolute Gasteiger partial charge is 0.306 e. The lowest BCUT2D eigenvalue weighted by Crippen LogP contribution is -2.28. The first-order chi connectivity index (χ1) is 22.0. The number of allylic oxidation sites excluding steroid dienone is 5. The highest BCUT2D eigenvalue weighted by Gasteiger charge is 2.36. The van der Waals surface area contributed by atoms with Gasteiger partial charge in [0.15, 0.2) is 6.10 Å². The third-order valence-electron chi connectivity index (χ3n) is 8.29. The third-order valence-corrected chi connectivity index (χ3v) is 8.29. The van der Waals surface area contributed by atoms with E-state index in [9.17, 15) is 14.7 Å². The molecule has 3 atom stereocenters. The van der Waals surface area contributed by atoms with Gasteiger partial charge in [-0.25, -0.2) is 0 Å². The number of aliphatic hydroxyl groups excluding tert-OH is 1. The van der Waals surface area contributed by atoms with Gasteiger partial charge in [0.05, 0.1) is 18.8 Å². The van der Waals surface area contributed by atoms with Gasteiger partial charge in [0.1, 0.15) is 6.61 Å². The van der Waals surface area contributed by atoms with E-state index in [4.69, 9.17) is 14.2 Å². The van der Waals surface area contributed by atoms with Crippen LogP contribution in [0.2, 0.25) is 0 Å². The maximum Gasteiger partial charge on any atom is 0.306 e. The second kappa shape index (κ2) is 29.5. The fraction of sp³-hybridized carbons (Fsp3) is 0.795. The molecule has 45 heavy (non-hydrogen) atoms. The van der Waals surface area contributed by atoms with Gasteiger partial charge >= 0.3 is 11.9 Å². The molecule has 1 saturated heterocycles. The van der Waals surface area contributed by atoms with Crippen molar-refractivity contribution in [1.29, 1.82) is 0 Å². The normalized spacial score (nSPS) is 17.2. The maximum absolute atomic E-state index is 12.2. The summed E-state index contributed by atoms with van der Waals surface area (Å²) in [6.45, 7) is 6.36. The standard InChI is InChI=1S/C39H68O6/c1-4-5-6-7-8-9-10-11-15-18-21-24-28-36-37(45-36)29-26-31-39(42)44-35(32-40)33-43-38(41)30-25-22-19-16-13-12-14-17-20-23-27-34(2)3/h8-9,11,15,21,24,34-37,40H,4-7,10,12-14,16-20,22-23,25-33H2,1-3H3/b9-8-,15-11-,24-21-/t35-,36?,37?/m0/s1. The van der Waals surface area contributed by atoms with Crippen LogP contribution in [0.3, 0.4) is 0 Å². The number of esters is 2. The van der Waals surface area contributed by atoms with E-state index in [1.54, 1.807) is 0 Å². The summed E-state index contributed by atoms with van der Waals surface area (Å²) in [4.78, 5) is 24.3. The zero-order chi connectivity index (χ0) is 32.8. The summed E-state index contributed by atoms with van der Waals surface area (Å²) in [6.07, 6.45) is 36.5. The molecule has 0 aromatic heterocycles. The molecule has 1 aliphatic heterocycles. The van der Waals surface area contributed by atoms with E-state index in [1.165, 1.54) is 77.0 Å². The highest BCUT2D eigenvalue weighted by Crippen LogP contribution is 2.30. The minimum atomic E-state index is -0.808. The molecule has 1 aliphatic rings. The highest BCUT2D eigenvalue weighted by atomic mass is 16.6. The van der Waals surface area contributed by atoms with Gasteiger partial charge in [-0.05, 0) is 57.3 Å². The van der Waals surface area contributed by atoms with E-state index in [-0.39, 0.29) is 43.8 Å². The van der Waals surface area contributed by atoms with Crippen molar-refractivity contribution >= 4 is 11.9 Å². The van der Waals surface area contributed by atoms with Gasteiger partial charge in [0, 0.05) is 12.8 Å². The molecule has 1 rings (SSSR count). The highest BCUT2D eigenvalue weighted by molar-refractivity contribution is 5.70. The van der Waals surface area contributed by atoms with E-state index in [0.29, 0.717) is 12.8 Å². The predicted octanol–water partition coefficient (Wildman–Crippen LogP) is 10.1. The molecule has 6 nitrogen and oxygen atoms in total. The Morgan fingerprint density at radius 2 is 1.31 bits per heavy atom. The number of hydrogen-bond donors (Lipinski definition) is 1. The molecule has 0 spiro atoms. The lowest BCUT2D eigenvalue weighted by atomic mass is 10.0. The van der Waals surface area contributed by atoms with Crippen LogP contribution in [0.15, 0.2) is 36.5 Å². The summed E-state index contributed by atoms with van der Waals surface area (Å²) in [5.74, 6) is 0.153. The number of aliphatic hydroxyl groups is 1. The van der Waals surface area contributed by atoms with Crippen LogP contribution in [0.4, 0.5) is 0 Å². The van der Waals surface area contributed by atoms with Gasteiger partial charge in [-0.2, -0.15) is 0 Å². The minimum absolute atomic E-state index is 0.0939. The summed E-state index contributed by atoms with van der Waals surface area (Å²) in [5.41, 5.74) is 0. The number of carbonyl (C=O) groups excluding carboxylic acids is 2. The summed E-state index contributed by atoms with van der Waals surface area (Å²) in [6, 6.07) is 0. The molecule has 0 saturated carbocycles. The van der Waals surface area contributed by atoms with Gasteiger partial charge in [-0.15, -0.1) is 0 Å². The molecule has 1 fully saturated rings. The fourth-order valence-corrected chi connectivity index (χ4v) is 5.35. The van der Waals surface area contributed by atoms with Crippen molar-refractivity contribution in [1.82, 2.24) is 0 Å². The summed E-state index contributed by atoms with van der Waals surface area (Å²) < 4.78 is 16.3. The third kappa shape index (κ3) is 27.0. The van der Waals surface area contributed by atoms with Crippen LogP contribution in [-0.2, 0) is 23.8 Å². The first kappa shape index (κ1) is 41.1. The molecule has 6 heteroatoms. The van der Waals surface area contributed by atoms with Crippen LogP contribution >= 0.6 is 0 Å². The Hall–Kier alpha value is -1.92. The van der Waals surface area contributed by atoms with Crippen LogP contribution in [0.1, 0.15) is 162 Å². The quantitative estimate of drug-likeness (QED) is 0.0354. The molecule has 2 unspecified atom stereocenters. The second-order valence-corrected chi connectivity index (χ2v) is 13.2. The minimum Gasteiger partial charge on any atom is -0.462 e. The maximum atomic E-state index is 12.2. The molecule has 0 amide bonds. The molecular formula is C39H68O6. The van der Waals surface area contributed by atoms with E-state index < -0.39 is 6.10 Å². The van der Waals surface area contributed by atoms with Crippen LogP contribution in [0.5, 0.6) is 0 Å². The SMILES string of the molecule is CCCCC/C=C\C/C=C\C/C=C\CC1OC1CCCC(=O)O[C@@H](CO)COC(=O)CCCCCCCCCCCCC(C)C. The number of epoxide rings is 1. The lowest BCUT2D eigenvalue weighted by Gasteiger charge is -2.15. The second-order valence-electron chi connectivity index (χ2n) is 13.2. The molecule has 0 radical (unpaired) electrons. The number of ether oxygens (including phenoxy) is 3. The molecule has 0 aliphatic carbocycles. The molecule has 0 aromatic carbocycles. The Balaban J connectivity index is 1.96. The van der Waals surface area contributed by atoms with Crippen molar-refractivity contribution in [3.8, 4) is 0 Å². The van der Waals surface area contributed by atoms with Crippen molar-refractivity contribution < 1.29 is 28.9 Å². The summed E-state index contributed by atoms with van der Waals surface area (Å²) in [5, 5.41) is 9.55. The van der Waals surface area contributed by atoms with Gasteiger partial charge < -0.3 is 19.3 Å². The molecule has 0 aromatic rings. The Morgan fingerprint density at radius 3 is 1.96 bits per heavy atom. The Labute approximate surface area is 276 Å². The summed E-state index contributed by atoms with van der Waals surface area (Å²) >= 11 is 0. The molecule has 1 N–H and O–H groups in total.